The van der Waals surface area contributed by atoms with Crippen LogP contribution in [0.1, 0.15) is 68.2 Å². The van der Waals surface area contributed by atoms with E-state index >= 15 is 0 Å². The summed E-state index contributed by atoms with van der Waals surface area (Å²) in [6.07, 6.45) is 3.46. The van der Waals surface area contributed by atoms with E-state index in [1.54, 1.807) is 0 Å². The Hall–Kier alpha value is -0.673. The smallest absolute Gasteiger partial charge is 0.200 e. The number of carbonyl (C=O) groups is 1. The van der Waals surface area contributed by atoms with Crippen molar-refractivity contribution in [3.8, 4) is 0 Å². The minimum absolute atomic E-state index is 0.277. The highest BCUT2D eigenvalue weighted by Crippen LogP contribution is 2.45. The predicted octanol–water partition coefficient (Wildman–Crippen LogP) is 6.05. The summed E-state index contributed by atoms with van der Waals surface area (Å²) in [6, 6.07) is 0. The number of ketones is 1. The summed E-state index contributed by atoms with van der Waals surface area (Å²) in [4.78, 5) is 12.4. The van der Waals surface area contributed by atoms with Crippen molar-refractivity contribution in [2.24, 2.45) is 5.41 Å². The monoisotopic (exact) mass is 336 g/mol. The molecule has 0 aliphatic heterocycles. The van der Waals surface area contributed by atoms with Crippen LogP contribution in [0.5, 0.6) is 0 Å². The van der Waals surface area contributed by atoms with Gasteiger partial charge in [0.1, 0.15) is 0 Å². The first kappa shape index (κ1) is 20.4. The van der Waals surface area contributed by atoms with Crippen LogP contribution in [0.25, 0.3) is 0 Å². The summed E-state index contributed by atoms with van der Waals surface area (Å²) in [5, 5.41) is 0. The normalized spacial score (nSPS) is 19.2. The molecule has 1 aliphatic rings. The number of rotatable bonds is 8. The second kappa shape index (κ2) is 7.48. The Labute approximate surface area is 144 Å². The van der Waals surface area contributed by atoms with Gasteiger partial charge in [-0.2, -0.15) is 0 Å². The third kappa shape index (κ3) is 3.71. The van der Waals surface area contributed by atoms with Gasteiger partial charge in [-0.05, 0) is 36.9 Å². The van der Waals surface area contributed by atoms with Crippen molar-refractivity contribution in [3.05, 3.63) is 23.8 Å². The molecule has 0 fully saturated rings. The molecule has 0 unspecified atom stereocenters. The lowest BCUT2D eigenvalue weighted by Crippen LogP contribution is -2.49. The highest BCUT2D eigenvalue weighted by Gasteiger charge is 2.47. The molecule has 132 valence electrons. The average Bonchev–Trinajstić information content (AvgIpc) is 2.78. The summed E-state index contributed by atoms with van der Waals surface area (Å²) < 4.78 is 6.76. The molecule has 0 bridgehead atoms. The van der Waals surface area contributed by atoms with E-state index in [1.165, 1.54) is 5.57 Å². The van der Waals surface area contributed by atoms with Crippen LogP contribution in [-0.4, -0.2) is 20.7 Å². The second-order valence-electron chi connectivity index (χ2n) is 8.31. The molecule has 2 nitrogen and oxygen atoms in total. The highest BCUT2D eigenvalue weighted by molar-refractivity contribution is 6.77. The van der Waals surface area contributed by atoms with Gasteiger partial charge in [-0.3, -0.25) is 4.79 Å². The van der Waals surface area contributed by atoms with Gasteiger partial charge in [-0.15, -0.1) is 6.58 Å². The summed E-state index contributed by atoms with van der Waals surface area (Å²) >= 11 is 0. The quantitative estimate of drug-likeness (QED) is 0.398. The van der Waals surface area contributed by atoms with Crippen LogP contribution in [0.3, 0.4) is 0 Å². The molecule has 0 aromatic heterocycles. The molecule has 3 heteroatoms. The molecular formula is C20H36O2Si. The van der Waals surface area contributed by atoms with Crippen LogP contribution >= 0.6 is 0 Å². The maximum atomic E-state index is 12.4. The topological polar surface area (TPSA) is 26.3 Å². The maximum Gasteiger partial charge on any atom is 0.200 e. The van der Waals surface area contributed by atoms with Crippen molar-refractivity contribution in [3.63, 3.8) is 0 Å². The Morgan fingerprint density at radius 3 is 1.91 bits per heavy atom. The molecule has 0 aromatic rings. The summed E-state index contributed by atoms with van der Waals surface area (Å²) in [5.74, 6) is 0.277. The fourth-order valence-corrected chi connectivity index (χ4v) is 10.2. The summed E-state index contributed by atoms with van der Waals surface area (Å²) in [7, 11) is -1.93. The van der Waals surface area contributed by atoms with E-state index in [9.17, 15) is 4.79 Å². The van der Waals surface area contributed by atoms with Crippen molar-refractivity contribution in [2.45, 2.75) is 84.9 Å². The van der Waals surface area contributed by atoms with Gasteiger partial charge >= 0.3 is 0 Å². The lowest BCUT2D eigenvalue weighted by molar-refractivity contribution is -0.115. The van der Waals surface area contributed by atoms with Gasteiger partial charge < -0.3 is 4.43 Å². The molecule has 0 aromatic carbocycles. The largest absolute Gasteiger partial charge is 0.415 e. The molecule has 1 rings (SSSR count). The van der Waals surface area contributed by atoms with Crippen molar-refractivity contribution in [2.75, 3.05) is 6.61 Å². The fourth-order valence-electron chi connectivity index (χ4n) is 4.60. The van der Waals surface area contributed by atoms with Crippen molar-refractivity contribution < 1.29 is 9.22 Å². The van der Waals surface area contributed by atoms with Gasteiger partial charge in [0.05, 0.1) is 0 Å². The van der Waals surface area contributed by atoms with Crippen LogP contribution in [0, 0.1) is 5.41 Å². The predicted molar refractivity (Wildman–Crippen MR) is 102 cm³/mol. The van der Waals surface area contributed by atoms with Crippen LogP contribution in [0.2, 0.25) is 16.6 Å². The molecule has 0 saturated heterocycles. The van der Waals surface area contributed by atoms with Gasteiger partial charge in [-0.25, -0.2) is 0 Å². The number of Topliss-reactive ketones (excluding diaryl/α,β-unsaturated/α-hetero) is 1. The van der Waals surface area contributed by atoms with Crippen molar-refractivity contribution in [1.82, 2.24) is 0 Å². The maximum absolute atomic E-state index is 12.4. The van der Waals surface area contributed by atoms with E-state index in [1.807, 2.05) is 6.08 Å². The van der Waals surface area contributed by atoms with E-state index in [0.717, 1.165) is 12.0 Å². The van der Waals surface area contributed by atoms with E-state index in [-0.39, 0.29) is 11.2 Å². The first-order chi connectivity index (χ1) is 10.5. The number of hydrogen-bond donors (Lipinski definition) is 0. The fraction of sp³-hybridized carbons (Fsp3) is 0.750. The third-order valence-electron chi connectivity index (χ3n) is 5.78. The van der Waals surface area contributed by atoms with E-state index in [0.29, 0.717) is 29.7 Å². The van der Waals surface area contributed by atoms with Crippen molar-refractivity contribution in [1.29, 1.82) is 0 Å². The minimum Gasteiger partial charge on any atom is -0.415 e. The zero-order valence-electron chi connectivity index (χ0n) is 16.5. The molecule has 0 heterocycles. The third-order valence-corrected chi connectivity index (χ3v) is 11.8. The molecule has 0 spiro atoms. The Morgan fingerprint density at radius 1 is 1.13 bits per heavy atom. The zero-order valence-corrected chi connectivity index (χ0v) is 17.5. The van der Waals surface area contributed by atoms with Gasteiger partial charge in [0.2, 0.25) is 0 Å². The van der Waals surface area contributed by atoms with Crippen LogP contribution in [0.4, 0.5) is 0 Å². The SMILES string of the molecule is C=C[C@](C)(CO[Si](C(C)C)(C(C)C)C(C)C)C1=C(C)CCC1=O. The van der Waals surface area contributed by atoms with Crippen LogP contribution in [0.15, 0.2) is 23.8 Å². The lowest BCUT2D eigenvalue weighted by atomic mass is 9.80. The molecule has 0 saturated carbocycles. The Kier molecular flexibility index (Phi) is 6.62. The molecule has 23 heavy (non-hydrogen) atoms. The van der Waals surface area contributed by atoms with Crippen molar-refractivity contribution >= 4 is 14.1 Å². The van der Waals surface area contributed by atoms with E-state index in [4.69, 9.17) is 4.43 Å². The molecular weight excluding hydrogens is 300 g/mol. The van der Waals surface area contributed by atoms with E-state index in [2.05, 4.69) is 62.0 Å². The Morgan fingerprint density at radius 2 is 1.61 bits per heavy atom. The zero-order chi connectivity index (χ0) is 18.0. The second-order valence-corrected chi connectivity index (χ2v) is 13.8. The van der Waals surface area contributed by atoms with Crippen LogP contribution < -0.4 is 0 Å². The molecule has 0 amide bonds. The molecule has 1 atom stereocenters. The molecule has 0 N–H and O–H groups in total. The summed E-state index contributed by atoms with van der Waals surface area (Å²) in [5.41, 5.74) is 3.44. The standard InChI is InChI=1S/C20H36O2Si/c1-10-20(9,19-17(8)11-12-18(19)21)13-22-23(14(2)3,15(4)5)16(6)7/h10,14-16H,1,11-13H2,2-9H3/t20-/m1/s1. The minimum atomic E-state index is -1.93. The summed E-state index contributed by atoms with van der Waals surface area (Å²) in [6.45, 7) is 22.6. The first-order valence-corrected chi connectivity index (χ1v) is 11.2. The molecule has 0 radical (unpaired) electrons. The number of carbonyl (C=O) groups excluding carboxylic acids is 1. The van der Waals surface area contributed by atoms with Gasteiger partial charge in [-0.1, -0.05) is 53.2 Å². The number of allylic oxidation sites excluding steroid dienone is 1. The van der Waals surface area contributed by atoms with Gasteiger partial charge in [0.25, 0.3) is 0 Å². The number of hydrogen-bond acceptors (Lipinski definition) is 2. The highest BCUT2D eigenvalue weighted by atomic mass is 28.4. The average molecular weight is 337 g/mol. The first-order valence-electron chi connectivity index (χ1n) is 9.03. The molecule has 1 aliphatic carbocycles. The van der Waals surface area contributed by atoms with Gasteiger partial charge in [0, 0.05) is 24.0 Å². The van der Waals surface area contributed by atoms with Crippen LogP contribution in [-0.2, 0) is 9.22 Å². The van der Waals surface area contributed by atoms with E-state index < -0.39 is 8.32 Å². The Balaban J connectivity index is 3.14. The lowest BCUT2D eigenvalue weighted by Gasteiger charge is -2.44. The Bertz CT molecular complexity index is 466. The van der Waals surface area contributed by atoms with Gasteiger partial charge in [0.15, 0.2) is 14.1 Å².